The molecule has 7 heteroatoms. The number of aromatic amines is 1. The summed E-state index contributed by atoms with van der Waals surface area (Å²) < 4.78 is 16.5. The van der Waals surface area contributed by atoms with E-state index in [-0.39, 0.29) is 5.82 Å². The van der Waals surface area contributed by atoms with E-state index in [1.165, 1.54) is 0 Å². The number of anilines is 1. The molecule has 2 aromatic heterocycles. The van der Waals surface area contributed by atoms with Gasteiger partial charge in [-0.2, -0.15) is 0 Å². The first-order valence-corrected chi connectivity index (χ1v) is 9.88. The molecule has 2 N–H and O–H groups in total. The molecule has 0 unspecified atom stereocenters. The van der Waals surface area contributed by atoms with Gasteiger partial charge in [-0.15, -0.1) is 10.2 Å². The van der Waals surface area contributed by atoms with Crippen LogP contribution in [-0.2, 0) is 5.54 Å². The lowest BCUT2D eigenvalue weighted by molar-refractivity contribution is 0.535. The van der Waals surface area contributed by atoms with Gasteiger partial charge in [-0.3, -0.25) is 4.57 Å². The predicted molar refractivity (Wildman–Crippen MR) is 114 cm³/mol. The van der Waals surface area contributed by atoms with Gasteiger partial charge in [-0.25, -0.2) is 4.39 Å². The Kier molecular flexibility index (Phi) is 3.65. The molecule has 1 aliphatic rings. The van der Waals surface area contributed by atoms with Crippen LogP contribution in [0, 0.1) is 26.6 Å². The lowest BCUT2D eigenvalue weighted by Gasteiger charge is -2.35. The van der Waals surface area contributed by atoms with Crippen LogP contribution >= 0.6 is 11.6 Å². The Morgan fingerprint density at radius 1 is 1.07 bits per heavy atom. The maximum atomic E-state index is 14.5. The van der Waals surface area contributed by atoms with Crippen LogP contribution in [0.4, 0.5) is 10.1 Å². The van der Waals surface area contributed by atoms with Crippen molar-refractivity contribution in [3.63, 3.8) is 0 Å². The molecule has 29 heavy (non-hydrogen) atoms. The van der Waals surface area contributed by atoms with Gasteiger partial charge in [0, 0.05) is 17.1 Å². The number of halogens is 2. The van der Waals surface area contributed by atoms with Crippen molar-refractivity contribution in [3.8, 4) is 16.8 Å². The summed E-state index contributed by atoms with van der Waals surface area (Å²) in [6.45, 7) is 10.0. The number of fused-ring (bicyclic) bond motifs is 4. The zero-order valence-electron chi connectivity index (χ0n) is 16.9. The van der Waals surface area contributed by atoms with Crippen LogP contribution in [0.5, 0.6) is 0 Å². The fourth-order valence-electron chi connectivity index (χ4n) is 4.36. The second-order valence-corrected chi connectivity index (χ2v) is 8.67. The third-order valence-electron chi connectivity index (χ3n) is 5.80. The molecule has 1 aliphatic heterocycles. The highest BCUT2D eigenvalue weighted by molar-refractivity contribution is 6.34. The monoisotopic (exact) mass is 409 g/mol. The zero-order valence-corrected chi connectivity index (χ0v) is 17.7. The van der Waals surface area contributed by atoms with Gasteiger partial charge in [0.25, 0.3) is 0 Å². The van der Waals surface area contributed by atoms with E-state index in [2.05, 4.69) is 20.5 Å². The first-order valence-electron chi connectivity index (χ1n) is 9.51. The number of rotatable bonds is 1. The van der Waals surface area contributed by atoms with Crippen molar-refractivity contribution < 1.29 is 4.39 Å². The number of aromatic nitrogens is 4. The average Bonchev–Trinajstić information content (AvgIpc) is 3.22. The molecule has 0 spiro atoms. The van der Waals surface area contributed by atoms with Gasteiger partial charge in [0.15, 0.2) is 5.82 Å². The Balaban J connectivity index is 1.87. The molecule has 148 valence electrons. The average molecular weight is 410 g/mol. The quantitative estimate of drug-likeness (QED) is 0.418. The van der Waals surface area contributed by atoms with Crippen LogP contribution in [0.15, 0.2) is 24.4 Å². The maximum Gasteiger partial charge on any atom is 0.162 e. The van der Waals surface area contributed by atoms with E-state index in [1.807, 2.05) is 51.4 Å². The SMILES string of the molecule is Cc1c(-c2cc(F)cc3c(C)c[nH]c23)cc(Cl)c2c1-n1c(C)nnc1C(C)(C)N2. The number of benzene rings is 2. The Hall–Kier alpha value is -2.86. The van der Waals surface area contributed by atoms with Gasteiger partial charge >= 0.3 is 0 Å². The van der Waals surface area contributed by atoms with Gasteiger partial charge in [0.05, 0.1) is 27.5 Å². The molecule has 4 aromatic rings. The maximum absolute atomic E-state index is 14.5. The largest absolute Gasteiger partial charge is 0.370 e. The van der Waals surface area contributed by atoms with Crippen LogP contribution in [0.3, 0.4) is 0 Å². The highest BCUT2D eigenvalue weighted by Crippen LogP contribution is 2.46. The van der Waals surface area contributed by atoms with Crippen LogP contribution < -0.4 is 5.32 Å². The number of nitrogens with one attached hydrogen (secondary N) is 2. The molecule has 0 radical (unpaired) electrons. The minimum atomic E-state index is -0.422. The first kappa shape index (κ1) is 18.2. The molecule has 5 nitrogen and oxygen atoms in total. The van der Waals surface area contributed by atoms with Crippen LogP contribution in [0.1, 0.15) is 36.6 Å². The van der Waals surface area contributed by atoms with Crippen molar-refractivity contribution >= 4 is 28.2 Å². The Labute approximate surface area is 172 Å². The Bertz CT molecular complexity index is 1310. The Morgan fingerprint density at radius 3 is 2.59 bits per heavy atom. The van der Waals surface area contributed by atoms with Crippen molar-refractivity contribution in [2.75, 3.05) is 5.32 Å². The van der Waals surface area contributed by atoms with Crippen LogP contribution in [0.2, 0.25) is 5.02 Å². The predicted octanol–water partition coefficient (Wildman–Crippen LogP) is 5.79. The second kappa shape index (κ2) is 5.83. The summed E-state index contributed by atoms with van der Waals surface area (Å²) in [5, 5.41) is 13.6. The van der Waals surface area contributed by atoms with E-state index in [0.29, 0.717) is 5.02 Å². The molecule has 2 aromatic carbocycles. The summed E-state index contributed by atoms with van der Waals surface area (Å²) in [7, 11) is 0. The molecule has 0 atom stereocenters. The summed E-state index contributed by atoms with van der Waals surface area (Å²) in [4.78, 5) is 3.29. The van der Waals surface area contributed by atoms with Gasteiger partial charge in [0.1, 0.15) is 11.6 Å². The van der Waals surface area contributed by atoms with Crippen molar-refractivity contribution in [2.45, 2.75) is 40.2 Å². The summed E-state index contributed by atoms with van der Waals surface area (Å²) in [5.74, 6) is 1.33. The lowest BCUT2D eigenvalue weighted by atomic mass is 9.92. The van der Waals surface area contributed by atoms with Crippen LogP contribution in [0.25, 0.3) is 27.7 Å². The van der Waals surface area contributed by atoms with Crippen LogP contribution in [-0.4, -0.2) is 19.7 Å². The Morgan fingerprint density at radius 2 is 1.83 bits per heavy atom. The van der Waals surface area contributed by atoms with Crippen molar-refractivity contribution in [3.05, 3.63) is 58.0 Å². The number of aryl methyl sites for hydroxylation is 2. The minimum absolute atomic E-state index is 0.274. The number of H-pyrrole nitrogens is 1. The topological polar surface area (TPSA) is 58.5 Å². The third kappa shape index (κ3) is 2.45. The molecule has 0 saturated heterocycles. The molecule has 0 bridgehead atoms. The molecular formula is C22H21ClFN5. The molecule has 0 amide bonds. The molecule has 5 rings (SSSR count). The van der Waals surface area contributed by atoms with E-state index in [9.17, 15) is 4.39 Å². The van der Waals surface area contributed by atoms with Crippen molar-refractivity contribution in [1.82, 2.24) is 19.7 Å². The molecule has 0 aliphatic carbocycles. The summed E-state index contributed by atoms with van der Waals surface area (Å²) in [5.41, 5.74) is 5.86. The fourth-order valence-corrected chi connectivity index (χ4v) is 4.61. The third-order valence-corrected chi connectivity index (χ3v) is 6.10. The van der Waals surface area contributed by atoms with Gasteiger partial charge in [-0.1, -0.05) is 11.6 Å². The van der Waals surface area contributed by atoms with Crippen molar-refractivity contribution in [1.29, 1.82) is 0 Å². The normalized spacial score (nSPS) is 14.6. The minimum Gasteiger partial charge on any atom is -0.370 e. The number of hydrogen-bond acceptors (Lipinski definition) is 3. The summed E-state index contributed by atoms with van der Waals surface area (Å²) in [6.07, 6.45) is 1.90. The molecular weight excluding hydrogens is 389 g/mol. The highest BCUT2D eigenvalue weighted by Gasteiger charge is 2.36. The van der Waals surface area contributed by atoms with E-state index >= 15 is 0 Å². The molecule has 0 fully saturated rings. The van der Waals surface area contributed by atoms with Gasteiger partial charge < -0.3 is 10.3 Å². The highest BCUT2D eigenvalue weighted by atomic mass is 35.5. The van der Waals surface area contributed by atoms with E-state index in [1.54, 1.807) is 12.1 Å². The zero-order chi connectivity index (χ0) is 20.7. The van der Waals surface area contributed by atoms with E-state index in [0.717, 1.165) is 56.2 Å². The van der Waals surface area contributed by atoms with Gasteiger partial charge in [0.2, 0.25) is 0 Å². The van der Waals surface area contributed by atoms with E-state index in [4.69, 9.17) is 11.6 Å². The van der Waals surface area contributed by atoms with Crippen molar-refractivity contribution in [2.24, 2.45) is 0 Å². The smallest absolute Gasteiger partial charge is 0.162 e. The summed E-state index contributed by atoms with van der Waals surface area (Å²) in [6, 6.07) is 5.03. The summed E-state index contributed by atoms with van der Waals surface area (Å²) >= 11 is 6.76. The first-order chi connectivity index (χ1) is 13.7. The second-order valence-electron chi connectivity index (χ2n) is 8.26. The molecule has 3 heterocycles. The lowest BCUT2D eigenvalue weighted by Crippen LogP contribution is -2.36. The molecule has 0 saturated carbocycles. The fraction of sp³-hybridized carbons (Fsp3) is 0.273. The number of nitrogens with zero attached hydrogens (tertiary/aromatic N) is 3. The standard InChI is InChI=1S/C22H21ClFN5/c1-10-9-25-18-14(10)6-13(24)7-16(18)15-8-17(23)19-20(11(15)2)29-12(3)27-28-21(29)22(4,5)26-19/h6-9,25-26H,1-5H3. The number of hydrogen-bond donors (Lipinski definition) is 2. The van der Waals surface area contributed by atoms with Gasteiger partial charge in [-0.05, 0) is 69.5 Å². The van der Waals surface area contributed by atoms with E-state index < -0.39 is 5.54 Å².